The number of carboxylic acid groups (broad SMARTS) is 1. The zero-order valence-corrected chi connectivity index (χ0v) is 18.4. The number of allylic oxidation sites excluding steroid dienone is 1. The van der Waals surface area contributed by atoms with E-state index in [9.17, 15) is 14.7 Å². The Bertz CT molecular complexity index is 1650. The van der Waals surface area contributed by atoms with E-state index in [4.69, 9.17) is 4.98 Å². The molecule has 6 rings (SSSR count). The summed E-state index contributed by atoms with van der Waals surface area (Å²) in [6.45, 7) is 0. The van der Waals surface area contributed by atoms with E-state index >= 15 is 0 Å². The van der Waals surface area contributed by atoms with E-state index < -0.39 is 11.9 Å². The molecule has 2 aromatic heterocycles. The fourth-order valence-corrected chi connectivity index (χ4v) is 4.40. The second-order valence-corrected chi connectivity index (χ2v) is 8.31. The van der Waals surface area contributed by atoms with Crippen molar-refractivity contribution in [2.45, 2.75) is 5.92 Å². The van der Waals surface area contributed by atoms with Gasteiger partial charge in [-0.05, 0) is 59.7 Å². The first-order chi connectivity index (χ1) is 17.1. The zero-order chi connectivity index (χ0) is 23.9. The van der Waals surface area contributed by atoms with Crippen LogP contribution in [-0.2, 0) is 4.79 Å². The molecule has 168 valence electrons. The maximum Gasteiger partial charge on any atom is 0.335 e. The Morgan fingerprint density at radius 1 is 0.914 bits per heavy atom. The maximum atomic E-state index is 12.9. The van der Waals surface area contributed by atoms with Gasteiger partial charge in [0.2, 0.25) is 0 Å². The Morgan fingerprint density at radius 2 is 1.74 bits per heavy atom. The number of hydrogen-bond acceptors (Lipinski definition) is 5. The highest BCUT2D eigenvalue weighted by Crippen LogP contribution is 2.34. The minimum Gasteiger partial charge on any atom is -0.478 e. The lowest BCUT2D eigenvalue weighted by atomic mass is 9.83. The number of hydrogen-bond donors (Lipinski definition) is 1. The molecule has 0 radical (unpaired) electrons. The van der Waals surface area contributed by atoms with Crippen LogP contribution in [0.5, 0.6) is 0 Å². The molecule has 7 nitrogen and oxygen atoms in total. The number of carboxylic acids is 1. The molecule has 0 fully saturated rings. The molecule has 0 bridgehead atoms. The normalized spacial score (nSPS) is 14.7. The van der Waals surface area contributed by atoms with Gasteiger partial charge in [0.1, 0.15) is 6.33 Å². The van der Waals surface area contributed by atoms with Crippen molar-refractivity contribution in [2.75, 3.05) is 0 Å². The lowest BCUT2D eigenvalue weighted by Gasteiger charge is -2.21. The van der Waals surface area contributed by atoms with Gasteiger partial charge in [0.15, 0.2) is 11.6 Å². The highest BCUT2D eigenvalue weighted by atomic mass is 16.4. The van der Waals surface area contributed by atoms with Crippen molar-refractivity contribution in [1.29, 1.82) is 0 Å². The van der Waals surface area contributed by atoms with Gasteiger partial charge in [-0.1, -0.05) is 42.5 Å². The zero-order valence-electron chi connectivity index (χ0n) is 18.4. The van der Waals surface area contributed by atoms with Crippen LogP contribution < -0.4 is 0 Å². The molecule has 5 aromatic rings. The smallest absolute Gasteiger partial charge is 0.335 e. The SMILES string of the molecule is O=C(O)c1cccc(-c2ncn(-c3ccc(C4C(=O)C=Cc5nc6ccccc6cc54)cc3)n2)c1. The summed E-state index contributed by atoms with van der Waals surface area (Å²) in [5.74, 6) is -0.981. The van der Waals surface area contributed by atoms with Crippen LogP contribution in [0.2, 0.25) is 0 Å². The predicted molar refractivity (Wildman–Crippen MR) is 131 cm³/mol. The van der Waals surface area contributed by atoms with E-state index in [1.165, 1.54) is 6.07 Å². The first kappa shape index (κ1) is 20.7. The summed E-state index contributed by atoms with van der Waals surface area (Å²) in [7, 11) is 0. The average molecular weight is 458 g/mol. The molecule has 0 spiro atoms. The van der Waals surface area contributed by atoms with Crippen LogP contribution >= 0.6 is 0 Å². The molecule has 2 heterocycles. The van der Waals surface area contributed by atoms with Gasteiger partial charge in [0, 0.05) is 10.9 Å². The van der Waals surface area contributed by atoms with E-state index in [0.717, 1.165) is 33.4 Å². The molecule has 0 saturated heterocycles. The van der Waals surface area contributed by atoms with E-state index in [-0.39, 0.29) is 11.3 Å². The van der Waals surface area contributed by atoms with Crippen LogP contribution in [0.15, 0.2) is 91.3 Å². The van der Waals surface area contributed by atoms with Crippen LogP contribution in [0.3, 0.4) is 0 Å². The Labute approximate surface area is 200 Å². The molecule has 1 unspecified atom stereocenters. The Balaban J connectivity index is 1.33. The summed E-state index contributed by atoms with van der Waals surface area (Å²) in [4.78, 5) is 33.2. The summed E-state index contributed by atoms with van der Waals surface area (Å²) in [6, 6.07) is 24.1. The monoisotopic (exact) mass is 458 g/mol. The van der Waals surface area contributed by atoms with Gasteiger partial charge >= 0.3 is 5.97 Å². The largest absolute Gasteiger partial charge is 0.478 e. The van der Waals surface area contributed by atoms with E-state index in [1.807, 2.05) is 54.6 Å². The molecule has 35 heavy (non-hydrogen) atoms. The molecule has 1 aliphatic carbocycles. The lowest BCUT2D eigenvalue weighted by Crippen LogP contribution is -2.17. The third-order valence-electron chi connectivity index (χ3n) is 6.14. The van der Waals surface area contributed by atoms with Gasteiger partial charge in [0.25, 0.3) is 0 Å². The molecule has 7 heteroatoms. The van der Waals surface area contributed by atoms with Crippen LogP contribution in [0.1, 0.15) is 33.1 Å². The molecule has 1 atom stereocenters. The Morgan fingerprint density at radius 3 is 2.57 bits per heavy atom. The number of ketones is 1. The van der Waals surface area contributed by atoms with Gasteiger partial charge in [-0.3, -0.25) is 4.79 Å². The summed E-state index contributed by atoms with van der Waals surface area (Å²) < 4.78 is 1.62. The lowest BCUT2D eigenvalue weighted by molar-refractivity contribution is -0.115. The van der Waals surface area contributed by atoms with Crippen LogP contribution in [0.4, 0.5) is 0 Å². The number of aromatic carboxylic acids is 1. The second kappa shape index (κ2) is 8.14. The number of fused-ring (bicyclic) bond motifs is 2. The molecular weight excluding hydrogens is 440 g/mol. The van der Waals surface area contributed by atoms with E-state index in [1.54, 1.807) is 41.4 Å². The summed E-state index contributed by atoms with van der Waals surface area (Å²) >= 11 is 0. The topological polar surface area (TPSA) is 98.0 Å². The van der Waals surface area contributed by atoms with Crippen LogP contribution in [-0.4, -0.2) is 36.6 Å². The Kier molecular flexibility index (Phi) is 4.81. The first-order valence-corrected chi connectivity index (χ1v) is 11.0. The highest BCUT2D eigenvalue weighted by molar-refractivity contribution is 6.04. The summed E-state index contributed by atoms with van der Waals surface area (Å²) in [6.07, 6.45) is 4.96. The number of aromatic nitrogens is 4. The number of rotatable bonds is 4. The second-order valence-electron chi connectivity index (χ2n) is 8.31. The standard InChI is InChI=1S/C28H18N4O3/c33-25-13-12-24-22(15-18-4-1-2-7-23(18)30-24)26(25)17-8-10-21(11-9-17)32-16-29-27(31-32)19-5-3-6-20(14-19)28(34)35/h1-16,26H,(H,34,35). The molecule has 3 aromatic carbocycles. The maximum absolute atomic E-state index is 12.9. The van der Waals surface area contributed by atoms with Crippen LogP contribution in [0, 0.1) is 0 Å². The number of carbonyl (C=O) groups excluding carboxylic acids is 1. The van der Waals surface area contributed by atoms with Gasteiger partial charge in [-0.25, -0.2) is 19.4 Å². The number of para-hydroxylation sites is 1. The van der Waals surface area contributed by atoms with Crippen LogP contribution in [0.25, 0.3) is 34.1 Å². The number of benzene rings is 3. The van der Waals surface area contributed by atoms with Gasteiger partial charge < -0.3 is 5.11 Å². The van der Waals surface area contributed by atoms with Crippen molar-refractivity contribution in [2.24, 2.45) is 0 Å². The third kappa shape index (κ3) is 3.69. The third-order valence-corrected chi connectivity index (χ3v) is 6.14. The number of carbonyl (C=O) groups is 2. The van der Waals surface area contributed by atoms with Crippen molar-refractivity contribution < 1.29 is 14.7 Å². The molecule has 1 aliphatic rings. The average Bonchev–Trinajstić information content (AvgIpc) is 3.38. The number of pyridine rings is 1. The van der Waals surface area contributed by atoms with E-state index in [0.29, 0.717) is 11.4 Å². The van der Waals surface area contributed by atoms with E-state index in [2.05, 4.69) is 10.1 Å². The van der Waals surface area contributed by atoms with Crippen molar-refractivity contribution in [1.82, 2.24) is 19.7 Å². The molecule has 1 N–H and O–H groups in total. The highest BCUT2D eigenvalue weighted by Gasteiger charge is 2.27. The van der Waals surface area contributed by atoms with Gasteiger partial charge in [-0.2, -0.15) is 0 Å². The first-order valence-electron chi connectivity index (χ1n) is 11.0. The van der Waals surface area contributed by atoms with Crippen molar-refractivity contribution >= 4 is 28.7 Å². The van der Waals surface area contributed by atoms with Crippen molar-refractivity contribution in [3.63, 3.8) is 0 Å². The van der Waals surface area contributed by atoms with Gasteiger partial charge in [-0.15, -0.1) is 5.10 Å². The summed E-state index contributed by atoms with van der Waals surface area (Å²) in [5, 5.41) is 14.7. The molecular formula is C28H18N4O3. The summed E-state index contributed by atoms with van der Waals surface area (Å²) in [5.41, 5.74) is 5.05. The minimum atomic E-state index is -1.00. The number of nitrogens with zero attached hydrogens (tertiary/aromatic N) is 4. The fraction of sp³-hybridized carbons (Fsp3) is 0.0357. The molecule has 0 amide bonds. The van der Waals surface area contributed by atoms with Gasteiger partial charge in [0.05, 0.1) is 28.4 Å². The minimum absolute atomic E-state index is 0.0173. The predicted octanol–water partition coefficient (Wildman–Crippen LogP) is 4.91. The van der Waals surface area contributed by atoms with Crippen molar-refractivity contribution in [3.05, 3.63) is 114 Å². The molecule has 0 aliphatic heterocycles. The molecule has 0 saturated carbocycles. The fourth-order valence-electron chi connectivity index (χ4n) is 4.40. The quantitative estimate of drug-likeness (QED) is 0.411. The Hall–Kier alpha value is -4.91. The van der Waals surface area contributed by atoms with Crippen molar-refractivity contribution in [3.8, 4) is 17.1 Å².